The number of hydrogen-bond acceptors (Lipinski definition) is 2. The molecule has 3 rings (SSSR count). The van der Waals surface area contributed by atoms with Crippen molar-refractivity contribution in [1.82, 2.24) is 10.2 Å². The summed E-state index contributed by atoms with van der Waals surface area (Å²) in [5, 5.41) is 3.48. The van der Waals surface area contributed by atoms with E-state index in [-0.39, 0.29) is 17.8 Å². The van der Waals surface area contributed by atoms with Crippen molar-refractivity contribution in [2.75, 3.05) is 26.2 Å². The highest BCUT2D eigenvalue weighted by atomic mass is 35.5. The van der Waals surface area contributed by atoms with Crippen LogP contribution in [0.1, 0.15) is 32.6 Å². The van der Waals surface area contributed by atoms with Gasteiger partial charge in [0.25, 0.3) is 0 Å². The molecular weight excluding hydrogens is 236 g/mol. The zero-order valence-electron chi connectivity index (χ0n) is 10.6. The number of hydrogen-bond donors (Lipinski definition) is 1. The predicted molar refractivity (Wildman–Crippen MR) is 70.3 cm³/mol. The molecule has 1 saturated carbocycles. The second-order valence-corrected chi connectivity index (χ2v) is 6.11. The van der Waals surface area contributed by atoms with Crippen LogP contribution < -0.4 is 5.32 Å². The molecule has 0 unspecified atom stereocenters. The molecule has 4 heteroatoms. The second kappa shape index (κ2) is 4.77. The van der Waals surface area contributed by atoms with Crippen LogP contribution in [0.4, 0.5) is 0 Å². The van der Waals surface area contributed by atoms with Crippen molar-refractivity contribution >= 4 is 18.3 Å². The molecule has 3 nitrogen and oxygen atoms in total. The van der Waals surface area contributed by atoms with Gasteiger partial charge in [-0.05, 0) is 50.6 Å². The molecule has 1 aliphatic carbocycles. The Hall–Kier alpha value is -0.280. The van der Waals surface area contributed by atoms with Gasteiger partial charge in [0.1, 0.15) is 0 Å². The molecule has 1 amide bonds. The maximum atomic E-state index is 12.3. The summed E-state index contributed by atoms with van der Waals surface area (Å²) in [6.45, 7) is 6.46. The number of fused-ring (bicyclic) bond motifs is 1. The van der Waals surface area contributed by atoms with E-state index >= 15 is 0 Å². The lowest BCUT2D eigenvalue weighted by molar-refractivity contribution is -0.136. The van der Waals surface area contributed by atoms with Crippen LogP contribution in [0, 0.1) is 17.3 Å². The summed E-state index contributed by atoms with van der Waals surface area (Å²) in [7, 11) is 0. The number of nitrogens with one attached hydrogen (secondary N) is 1. The number of carbonyl (C=O) groups is 1. The molecule has 2 atom stereocenters. The van der Waals surface area contributed by atoms with E-state index in [4.69, 9.17) is 0 Å². The van der Waals surface area contributed by atoms with Crippen molar-refractivity contribution in [1.29, 1.82) is 0 Å². The fraction of sp³-hybridized carbons (Fsp3) is 0.923. The van der Waals surface area contributed by atoms with E-state index in [9.17, 15) is 4.79 Å². The van der Waals surface area contributed by atoms with Crippen molar-refractivity contribution < 1.29 is 4.79 Å². The van der Waals surface area contributed by atoms with Gasteiger partial charge in [0.15, 0.2) is 0 Å². The first-order valence-electron chi connectivity index (χ1n) is 6.69. The Morgan fingerprint density at radius 1 is 1.18 bits per heavy atom. The molecule has 0 bridgehead atoms. The number of likely N-dealkylation sites (tertiary alicyclic amines) is 1. The Balaban J connectivity index is 0.00000108. The number of halogens is 1. The highest BCUT2D eigenvalue weighted by molar-refractivity contribution is 5.85. The summed E-state index contributed by atoms with van der Waals surface area (Å²) in [6, 6.07) is 0. The first kappa shape index (κ1) is 13.2. The lowest BCUT2D eigenvalue weighted by Gasteiger charge is -2.24. The summed E-state index contributed by atoms with van der Waals surface area (Å²) < 4.78 is 0. The van der Waals surface area contributed by atoms with Gasteiger partial charge in [0, 0.05) is 18.5 Å². The molecule has 0 aromatic rings. The summed E-state index contributed by atoms with van der Waals surface area (Å²) in [4.78, 5) is 14.4. The van der Waals surface area contributed by atoms with Crippen LogP contribution in [0.5, 0.6) is 0 Å². The lowest BCUT2D eigenvalue weighted by atomic mass is 9.92. The van der Waals surface area contributed by atoms with Gasteiger partial charge in [-0.1, -0.05) is 6.92 Å². The van der Waals surface area contributed by atoms with Gasteiger partial charge in [-0.3, -0.25) is 4.79 Å². The van der Waals surface area contributed by atoms with Gasteiger partial charge in [-0.25, -0.2) is 0 Å². The molecule has 1 N–H and O–H groups in total. The van der Waals surface area contributed by atoms with Crippen LogP contribution in [-0.2, 0) is 4.79 Å². The lowest BCUT2D eigenvalue weighted by Crippen LogP contribution is -2.37. The first-order valence-corrected chi connectivity index (χ1v) is 6.69. The minimum atomic E-state index is 0. The molecule has 2 heterocycles. The quantitative estimate of drug-likeness (QED) is 0.776. The molecule has 3 aliphatic rings. The number of amides is 1. The van der Waals surface area contributed by atoms with Gasteiger partial charge >= 0.3 is 0 Å². The Labute approximate surface area is 110 Å². The normalized spacial score (nSPS) is 34.5. The monoisotopic (exact) mass is 258 g/mol. The Morgan fingerprint density at radius 3 is 2.18 bits per heavy atom. The highest BCUT2D eigenvalue weighted by Gasteiger charge is 2.47. The molecule has 17 heavy (non-hydrogen) atoms. The summed E-state index contributed by atoms with van der Waals surface area (Å²) >= 11 is 0. The Bertz CT molecular complexity index is 290. The third kappa shape index (κ3) is 2.45. The van der Waals surface area contributed by atoms with Gasteiger partial charge in [-0.15, -0.1) is 12.4 Å². The maximum absolute atomic E-state index is 12.3. The standard InChI is InChI=1S/C13H22N2O.ClH/c1-13(4-5-13)12(16)15-6-2-10-8-14-9-11(10)3-7-15;/h10-11,14H,2-9H2,1H3;1H/t10-,11+;. The van der Waals surface area contributed by atoms with E-state index in [1.54, 1.807) is 0 Å². The van der Waals surface area contributed by atoms with Crippen LogP contribution >= 0.6 is 12.4 Å². The summed E-state index contributed by atoms with van der Waals surface area (Å²) in [5.74, 6) is 2.08. The van der Waals surface area contributed by atoms with E-state index in [2.05, 4.69) is 17.1 Å². The fourth-order valence-corrected chi connectivity index (χ4v) is 3.20. The van der Waals surface area contributed by atoms with Crippen molar-refractivity contribution in [3.05, 3.63) is 0 Å². The minimum absolute atomic E-state index is 0. The molecular formula is C13H23ClN2O. The zero-order valence-corrected chi connectivity index (χ0v) is 11.4. The van der Waals surface area contributed by atoms with Crippen LogP contribution in [-0.4, -0.2) is 37.0 Å². The largest absolute Gasteiger partial charge is 0.342 e. The molecule has 98 valence electrons. The van der Waals surface area contributed by atoms with Crippen molar-refractivity contribution in [3.63, 3.8) is 0 Å². The van der Waals surface area contributed by atoms with Crippen molar-refractivity contribution in [2.45, 2.75) is 32.6 Å². The third-order valence-corrected chi connectivity index (χ3v) is 4.82. The van der Waals surface area contributed by atoms with E-state index in [0.29, 0.717) is 5.91 Å². The van der Waals surface area contributed by atoms with Crippen molar-refractivity contribution in [3.8, 4) is 0 Å². The van der Waals surface area contributed by atoms with Crippen LogP contribution in [0.25, 0.3) is 0 Å². The second-order valence-electron chi connectivity index (χ2n) is 6.11. The van der Waals surface area contributed by atoms with Gasteiger partial charge in [-0.2, -0.15) is 0 Å². The molecule has 0 radical (unpaired) electrons. The predicted octanol–water partition coefficient (Wildman–Crippen LogP) is 1.67. The molecule has 0 aromatic carbocycles. The molecule has 2 saturated heterocycles. The van der Waals surface area contributed by atoms with Gasteiger partial charge < -0.3 is 10.2 Å². The Kier molecular flexibility index (Phi) is 3.69. The van der Waals surface area contributed by atoms with Gasteiger partial charge in [0.05, 0.1) is 0 Å². The molecule has 0 aromatic heterocycles. The van der Waals surface area contributed by atoms with Crippen molar-refractivity contribution in [2.24, 2.45) is 17.3 Å². The molecule has 2 aliphatic heterocycles. The topological polar surface area (TPSA) is 32.3 Å². The fourth-order valence-electron chi connectivity index (χ4n) is 3.20. The van der Waals surface area contributed by atoms with E-state index in [1.807, 2.05) is 0 Å². The highest BCUT2D eigenvalue weighted by Crippen LogP contribution is 2.47. The maximum Gasteiger partial charge on any atom is 0.228 e. The van der Waals surface area contributed by atoms with E-state index in [1.165, 1.54) is 25.9 Å². The molecule has 3 fully saturated rings. The summed E-state index contributed by atoms with van der Waals surface area (Å²) in [6.07, 6.45) is 4.63. The molecule has 0 spiro atoms. The first-order chi connectivity index (χ1) is 7.69. The van der Waals surface area contributed by atoms with Crippen LogP contribution in [0.3, 0.4) is 0 Å². The average Bonchev–Trinajstić information content (AvgIpc) is 2.94. The number of nitrogens with zero attached hydrogens (tertiary/aromatic N) is 1. The zero-order chi connectivity index (χ0) is 11.2. The third-order valence-electron chi connectivity index (χ3n) is 4.82. The average molecular weight is 259 g/mol. The van der Waals surface area contributed by atoms with Crippen LogP contribution in [0.2, 0.25) is 0 Å². The smallest absolute Gasteiger partial charge is 0.228 e. The van der Waals surface area contributed by atoms with Crippen LogP contribution in [0.15, 0.2) is 0 Å². The number of rotatable bonds is 1. The van der Waals surface area contributed by atoms with E-state index < -0.39 is 0 Å². The van der Waals surface area contributed by atoms with E-state index in [0.717, 1.165) is 37.8 Å². The van der Waals surface area contributed by atoms with Gasteiger partial charge in [0.2, 0.25) is 5.91 Å². The SMILES string of the molecule is CC1(C(=O)N2CC[C@@H]3CNC[C@@H]3CC2)CC1.Cl. The summed E-state index contributed by atoms with van der Waals surface area (Å²) in [5.41, 5.74) is 0.0255. The number of carbonyl (C=O) groups excluding carboxylic acids is 1. The Morgan fingerprint density at radius 2 is 1.71 bits per heavy atom. The minimum Gasteiger partial charge on any atom is -0.342 e.